The smallest absolute Gasteiger partial charge is 0.119 e. The van der Waals surface area contributed by atoms with Crippen molar-refractivity contribution in [1.29, 1.82) is 0 Å². The molecule has 3 N–H and O–H groups in total. The van der Waals surface area contributed by atoms with E-state index < -0.39 is 6.10 Å². The predicted molar refractivity (Wildman–Crippen MR) is 87.4 cm³/mol. The fourth-order valence-electron chi connectivity index (χ4n) is 2.20. The molecule has 1 aromatic rings. The molecule has 0 aliphatic rings. The number of hydrogen-bond acceptors (Lipinski definition) is 4. The highest BCUT2D eigenvalue weighted by Gasteiger charge is 2.16. The van der Waals surface area contributed by atoms with Gasteiger partial charge in [-0.05, 0) is 37.5 Å². The highest BCUT2D eigenvalue weighted by Crippen LogP contribution is 2.12. The monoisotopic (exact) mass is 294 g/mol. The summed E-state index contributed by atoms with van der Waals surface area (Å²) in [5, 5.41) is 10.2. The Morgan fingerprint density at radius 2 is 1.71 bits per heavy atom. The van der Waals surface area contributed by atoms with E-state index in [1.54, 1.807) is 0 Å². The quantitative estimate of drug-likeness (QED) is 0.733. The molecule has 1 aromatic carbocycles. The van der Waals surface area contributed by atoms with Crippen LogP contribution >= 0.6 is 0 Å². The average Bonchev–Trinajstić information content (AvgIpc) is 2.44. The molecular weight excluding hydrogens is 264 g/mol. The summed E-state index contributed by atoms with van der Waals surface area (Å²) in [5.41, 5.74) is 6.63. The van der Waals surface area contributed by atoms with Crippen molar-refractivity contribution in [2.75, 3.05) is 19.7 Å². The summed E-state index contributed by atoms with van der Waals surface area (Å²) in [6, 6.07) is 8.10. The topological polar surface area (TPSA) is 58.7 Å². The maximum atomic E-state index is 10.2. The molecule has 0 spiro atoms. The Hall–Kier alpha value is -1.10. The van der Waals surface area contributed by atoms with Crippen molar-refractivity contribution in [3.05, 3.63) is 29.8 Å². The molecule has 0 amide bonds. The third kappa shape index (κ3) is 6.93. The van der Waals surface area contributed by atoms with Crippen molar-refractivity contribution in [3.63, 3.8) is 0 Å². The van der Waals surface area contributed by atoms with Crippen LogP contribution in [0.15, 0.2) is 24.3 Å². The summed E-state index contributed by atoms with van der Waals surface area (Å²) in [6.45, 7) is 11.2. The van der Waals surface area contributed by atoms with Crippen LogP contribution in [-0.4, -0.2) is 41.8 Å². The third-order valence-electron chi connectivity index (χ3n) is 3.38. The van der Waals surface area contributed by atoms with Gasteiger partial charge in [0.15, 0.2) is 0 Å². The molecule has 0 fully saturated rings. The lowest BCUT2D eigenvalue weighted by Gasteiger charge is -2.30. The molecule has 21 heavy (non-hydrogen) atoms. The van der Waals surface area contributed by atoms with Gasteiger partial charge < -0.3 is 15.6 Å². The number of rotatable bonds is 9. The first-order valence-corrected chi connectivity index (χ1v) is 7.76. The Morgan fingerprint density at radius 3 is 2.19 bits per heavy atom. The molecular formula is C17H30N2O2. The van der Waals surface area contributed by atoms with E-state index in [1.807, 2.05) is 24.3 Å². The molecule has 4 heteroatoms. The summed E-state index contributed by atoms with van der Waals surface area (Å²) in [6.07, 6.45) is -0.486. The van der Waals surface area contributed by atoms with Gasteiger partial charge in [0.25, 0.3) is 0 Å². The minimum Gasteiger partial charge on any atom is -0.491 e. The van der Waals surface area contributed by atoms with Gasteiger partial charge in [0.1, 0.15) is 18.5 Å². The average molecular weight is 294 g/mol. The summed E-state index contributed by atoms with van der Waals surface area (Å²) in [5.74, 6) is 1.36. The zero-order valence-corrected chi connectivity index (χ0v) is 13.7. The maximum absolute atomic E-state index is 10.2. The zero-order valence-electron chi connectivity index (χ0n) is 13.7. The van der Waals surface area contributed by atoms with Gasteiger partial charge in [-0.3, -0.25) is 4.90 Å². The van der Waals surface area contributed by atoms with Crippen LogP contribution in [0.4, 0.5) is 0 Å². The molecule has 0 aliphatic heterocycles. The molecule has 0 aliphatic carbocycles. The minimum atomic E-state index is -0.486. The van der Waals surface area contributed by atoms with Crippen molar-refractivity contribution in [1.82, 2.24) is 4.90 Å². The number of aliphatic hydroxyl groups is 1. The molecule has 120 valence electrons. The first kappa shape index (κ1) is 18.0. The molecule has 4 nitrogen and oxygen atoms in total. The number of hydrogen-bond donors (Lipinski definition) is 2. The number of nitrogens with two attached hydrogens (primary N) is 1. The van der Waals surface area contributed by atoms with E-state index >= 15 is 0 Å². The van der Waals surface area contributed by atoms with Gasteiger partial charge in [0.2, 0.25) is 0 Å². The van der Waals surface area contributed by atoms with Gasteiger partial charge in [-0.15, -0.1) is 0 Å². The maximum Gasteiger partial charge on any atom is 0.119 e. The van der Waals surface area contributed by atoms with Crippen LogP contribution in [-0.2, 0) is 6.54 Å². The van der Waals surface area contributed by atoms with Crippen molar-refractivity contribution in [2.24, 2.45) is 11.7 Å². The van der Waals surface area contributed by atoms with Crippen molar-refractivity contribution < 1.29 is 9.84 Å². The molecule has 0 saturated heterocycles. The van der Waals surface area contributed by atoms with Crippen LogP contribution in [0, 0.1) is 5.92 Å². The highest BCUT2D eigenvalue weighted by molar-refractivity contribution is 5.27. The van der Waals surface area contributed by atoms with Crippen LogP contribution in [0.3, 0.4) is 0 Å². The first-order chi connectivity index (χ1) is 9.92. The summed E-state index contributed by atoms with van der Waals surface area (Å²) in [7, 11) is 0. The van der Waals surface area contributed by atoms with Crippen molar-refractivity contribution in [2.45, 2.75) is 46.4 Å². The van der Waals surface area contributed by atoms with Gasteiger partial charge in [0, 0.05) is 25.7 Å². The predicted octanol–water partition coefficient (Wildman–Crippen LogP) is 2.25. The molecule has 0 radical (unpaired) electrons. The molecule has 0 aromatic heterocycles. The van der Waals surface area contributed by atoms with E-state index in [0.29, 0.717) is 31.7 Å². The fourth-order valence-corrected chi connectivity index (χ4v) is 2.20. The van der Waals surface area contributed by atoms with Crippen LogP contribution in [0.5, 0.6) is 5.75 Å². The molecule has 0 saturated carbocycles. The lowest BCUT2D eigenvalue weighted by molar-refractivity contribution is 0.0528. The van der Waals surface area contributed by atoms with Gasteiger partial charge in [-0.25, -0.2) is 0 Å². The van der Waals surface area contributed by atoms with Crippen LogP contribution in [0.2, 0.25) is 0 Å². The van der Waals surface area contributed by atoms with Gasteiger partial charge >= 0.3 is 0 Å². The van der Waals surface area contributed by atoms with Crippen LogP contribution in [0.25, 0.3) is 0 Å². The minimum absolute atomic E-state index is 0.309. The Morgan fingerprint density at radius 1 is 1.10 bits per heavy atom. The first-order valence-electron chi connectivity index (χ1n) is 7.76. The Labute approximate surface area is 128 Å². The number of aliphatic hydroxyl groups excluding tert-OH is 1. The molecule has 0 bridgehead atoms. The van der Waals surface area contributed by atoms with E-state index in [-0.39, 0.29) is 0 Å². The van der Waals surface area contributed by atoms with E-state index in [2.05, 4.69) is 32.6 Å². The number of ether oxygens (including phenoxy) is 1. The Kier molecular flexibility index (Phi) is 7.72. The second kappa shape index (κ2) is 9.03. The lowest BCUT2D eigenvalue weighted by atomic mass is 10.1. The van der Waals surface area contributed by atoms with E-state index in [1.165, 1.54) is 0 Å². The number of benzene rings is 1. The van der Waals surface area contributed by atoms with Crippen molar-refractivity contribution in [3.8, 4) is 5.75 Å². The molecule has 1 atom stereocenters. The second-order valence-electron chi connectivity index (χ2n) is 6.25. The molecule has 0 heterocycles. The van der Waals surface area contributed by atoms with Crippen molar-refractivity contribution >= 4 is 0 Å². The standard InChI is InChI=1S/C17H30N2O2/c1-13(2)10-19(14(3)4)11-16(20)12-21-17-7-5-15(9-18)6-8-17/h5-8,13-14,16,20H,9-12,18H2,1-4H3. The Balaban J connectivity index is 2.42. The summed E-state index contributed by atoms with van der Waals surface area (Å²) in [4.78, 5) is 2.29. The van der Waals surface area contributed by atoms with Gasteiger partial charge in [-0.1, -0.05) is 26.0 Å². The third-order valence-corrected chi connectivity index (χ3v) is 3.38. The molecule has 1 unspecified atom stereocenters. The van der Waals surface area contributed by atoms with E-state index in [9.17, 15) is 5.11 Å². The van der Waals surface area contributed by atoms with E-state index in [0.717, 1.165) is 17.9 Å². The van der Waals surface area contributed by atoms with Gasteiger partial charge in [-0.2, -0.15) is 0 Å². The highest BCUT2D eigenvalue weighted by atomic mass is 16.5. The lowest BCUT2D eigenvalue weighted by Crippen LogP contribution is -2.41. The number of nitrogens with zero attached hydrogens (tertiary/aromatic N) is 1. The largest absolute Gasteiger partial charge is 0.491 e. The SMILES string of the molecule is CC(C)CN(CC(O)COc1ccc(CN)cc1)C(C)C. The zero-order chi connectivity index (χ0) is 15.8. The Bertz CT molecular complexity index is 390. The van der Waals surface area contributed by atoms with Gasteiger partial charge in [0.05, 0.1) is 0 Å². The fraction of sp³-hybridized carbons (Fsp3) is 0.647. The second-order valence-corrected chi connectivity index (χ2v) is 6.25. The summed E-state index contributed by atoms with van der Waals surface area (Å²) >= 11 is 0. The van der Waals surface area contributed by atoms with Crippen LogP contribution in [0.1, 0.15) is 33.3 Å². The summed E-state index contributed by atoms with van der Waals surface area (Å²) < 4.78 is 5.64. The normalized spacial score (nSPS) is 13.2. The van der Waals surface area contributed by atoms with E-state index in [4.69, 9.17) is 10.5 Å². The van der Waals surface area contributed by atoms with Crippen LogP contribution < -0.4 is 10.5 Å². The molecule has 1 rings (SSSR count).